The highest BCUT2D eigenvalue weighted by molar-refractivity contribution is 5.93. The molecule has 1 heterocycles. The van der Waals surface area contributed by atoms with Crippen molar-refractivity contribution in [3.05, 3.63) is 24.0 Å². The maximum atomic E-state index is 11.9. The molecule has 0 fully saturated rings. The summed E-state index contributed by atoms with van der Waals surface area (Å²) in [5.41, 5.74) is 1.39. The Morgan fingerprint density at radius 1 is 1.37 bits per heavy atom. The molecule has 5 nitrogen and oxygen atoms in total. The number of hydrogen-bond donors (Lipinski definition) is 2. The van der Waals surface area contributed by atoms with Crippen molar-refractivity contribution >= 4 is 11.6 Å². The number of nitrogens with one attached hydrogen (secondary N) is 2. The molecule has 0 unspecified atom stereocenters. The third-order valence-electron chi connectivity index (χ3n) is 2.69. The van der Waals surface area contributed by atoms with E-state index in [1.54, 1.807) is 12.3 Å². The normalized spacial score (nSPS) is 10.5. The van der Waals surface area contributed by atoms with Crippen LogP contribution in [0.1, 0.15) is 30.3 Å². The standard InChI is InChI=1S/C14H24N4O/c1-4-15-12-7-9-16-13(11-12)14(19)17-8-5-6-10-18(2)3/h7,9,11H,4-6,8,10H2,1-3H3,(H,15,16)(H,17,19). The average molecular weight is 264 g/mol. The van der Waals surface area contributed by atoms with Gasteiger partial charge in [-0.3, -0.25) is 9.78 Å². The Kier molecular flexibility index (Phi) is 6.89. The van der Waals surface area contributed by atoms with Gasteiger partial charge in [-0.25, -0.2) is 0 Å². The van der Waals surface area contributed by atoms with Crippen molar-refractivity contribution in [2.45, 2.75) is 19.8 Å². The van der Waals surface area contributed by atoms with Gasteiger partial charge in [0.05, 0.1) is 0 Å². The van der Waals surface area contributed by atoms with Crippen LogP contribution in [-0.4, -0.2) is 49.5 Å². The monoisotopic (exact) mass is 264 g/mol. The molecule has 1 aromatic rings. The van der Waals surface area contributed by atoms with E-state index in [-0.39, 0.29) is 5.91 Å². The van der Waals surface area contributed by atoms with E-state index in [0.717, 1.165) is 31.6 Å². The fourth-order valence-corrected chi connectivity index (χ4v) is 1.71. The molecule has 0 aromatic carbocycles. The van der Waals surface area contributed by atoms with Crippen LogP contribution in [0.4, 0.5) is 5.69 Å². The Labute approximate surface area is 115 Å². The van der Waals surface area contributed by atoms with Crippen molar-refractivity contribution in [3.63, 3.8) is 0 Å². The van der Waals surface area contributed by atoms with Gasteiger partial charge in [-0.1, -0.05) is 0 Å². The zero-order valence-electron chi connectivity index (χ0n) is 12.1. The highest BCUT2D eigenvalue weighted by Gasteiger charge is 2.06. The van der Waals surface area contributed by atoms with E-state index in [1.165, 1.54) is 0 Å². The summed E-state index contributed by atoms with van der Waals surface area (Å²) in [6.07, 6.45) is 3.72. The molecular formula is C14H24N4O. The quantitative estimate of drug-likeness (QED) is 0.700. The van der Waals surface area contributed by atoms with E-state index in [0.29, 0.717) is 12.2 Å². The van der Waals surface area contributed by atoms with Gasteiger partial charge in [0.1, 0.15) is 5.69 Å². The van der Waals surface area contributed by atoms with Crippen LogP contribution in [-0.2, 0) is 0 Å². The fraction of sp³-hybridized carbons (Fsp3) is 0.571. The third kappa shape index (κ3) is 6.20. The summed E-state index contributed by atoms with van der Waals surface area (Å²) >= 11 is 0. The predicted octanol–water partition coefficient (Wildman–Crippen LogP) is 1.58. The van der Waals surface area contributed by atoms with Gasteiger partial charge < -0.3 is 15.5 Å². The molecule has 0 saturated carbocycles. The first-order chi connectivity index (χ1) is 9.13. The van der Waals surface area contributed by atoms with Crippen molar-refractivity contribution in [1.29, 1.82) is 0 Å². The molecule has 5 heteroatoms. The Morgan fingerprint density at radius 3 is 2.84 bits per heavy atom. The van der Waals surface area contributed by atoms with Gasteiger partial charge in [-0.05, 0) is 52.5 Å². The van der Waals surface area contributed by atoms with Crippen molar-refractivity contribution in [1.82, 2.24) is 15.2 Å². The molecule has 1 rings (SSSR count). The highest BCUT2D eigenvalue weighted by Crippen LogP contribution is 2.07. The number of carbonyl (C=O) groups excluding carboxylic acids is 1. The van der Waals surface area contributed by atoms with Crippen LogP contribution in [0.3, 0.4) is 0 Å². The summed E-state index contributed by atoms with van der Waals surface area (Å²) in [5, 5.41) is 6.06. The first-order valence-electron chi connectivity index (χ1n) is 6.76. The van der Waals surface area contributed by atoms with Crippen LogP contribution in [0.2, 0.25) is 0 Å². The van der Waals surface area contributed by atoms with Gasteiger partial charge in [0.15, 0.2) is 0 Å². The maximum Gasteiger partial charge on any atom is 0.269 e. The molecule has 0 saturated heterocycles. The highest BCUT2D eigenvalue weighted by atomic mass is 16.1. The summed E-state index contributed by atoms with van der Waals surface area (Å²) in [7, 11) is 4.10. The largest absolute Gasteiger partial charge is 0.385 e. The Morgan fingerprint density at radius 2 is 2.16 bits per heavy atom. The molecule has 1 amide bonds. The Hall–Kier alpha value is -1.62. The van der Waals surface area contributed by atoms with Gasteiger partial charge in [0.2, 0.25) is 0 Å². The molecule has 0 aliphatic heterocycles. The van der Waals surface area contributed by atoms with E-state index in [1.807, 2.05) is 13.0 Å². The van der Waals surface area contributed by atoms with Gasteiger partial charge in [-0.15, -0.1) is 0 Å². The molecule has 1 aromatic heterocycles. The first kappa shape index (κ1) is 15.4. The number of unbranched alkanes of at least 4 members (excludes halogenated alkanes) is 1. The Bertz CT molecular complexity index is 393. The molecule has 19 heavy (non-hydrogen) atoms. The number of carbonyl (C=O) groups is 1. The molecule has 0 bridgehead atoms. The third-order valence-corrected chi connectivity index (χ3v) is 2.69. The number of nitrogens with zero attached hydrogens (tertiary/aromatic N) is 2. The van der Waals surface area contributed by atoms with Crippen molar-refractivity contribution in [2.24, 2.45) is 0 Å². The number of amides is 1. The van der Waals surface area contributed by atoms with E-state index in [4.69, 9.17) is 0 Å². The summed E-state index contributed by atoms with van der Waals surface area (Å²) in [6.45, 7) is 4.59. The summed E-state index contributed by atoms with van der Waals surface area (Å²) < 4.78 is 0. The van der Waals surface area contributed by atoms with Crippen molar-refractivity contribution in [2.75, 3.05) is 39.0 Å². The molecule has 0 atom stereocenters. The van der Waals surface area contributed by atoms with E-state index in [9.17, 15) is 4.79 Å². The zero-order valence-corrected chi connectivity index (χ0v) is 12.1. The van der Waals surface area contributed by atoms with Crippen molar-refractivity contribution in [3.8, 4) is 0 Å². The molecule has 106 valence electrons. The molecule has 2 N–H and O–H groups in total. The average Bonchev–Trinajstić information content (AvgIpc) is 2.38. The molecule has 0 radical (unpaired) electrons. The number of rotatable bonds is 8. The van der Waals surface area contributed by atoms with Gasteiger partial charge in [0.25, 0.3) is 5.91 Å². The van der Waals surface area contributed by atoms with Crippen LogP contribution in [0.15, 0.2) is 18.3 Å². The number of aromatic nitrogens is 1. The minimum Gasteiger partial charge on any atom is -0.385 e. The second-order valence-corrected chi connectivity index (χ2v) is 4.73. The SMILES string of the molecule is CCNc1ccnc(C(=O)NCCCCN(C)C)c1. The minimum absolute atomic E-state index is 0.107. The second kappa shape index (κ2) is 8.48. The Balaban J connectivity index is 2.34. The maximum absolute atomic E-state index is 11.9. The smallest absolute Gasteiger partial charge is 0.269 e. The lowest BCUT2D eigenvalue weighted by Crippen LogP contribution is -2.26. The fourth-order valence-electron chi connectivity index (χ4n) is 1.71. The number of anilines is 1. The van der Waals surface area contributed by atoms with Crippen molar-refractivity contribution < 1.29 is 4.79 Å². The number of hydrogen-bond acceptors (Lipinski definition) is 4. The number of pyridine rings is 1. The lowest BCUT2D eigenvalue weighted by atomic mass is 10.2. The van der Waals surface area contributed by atoms with Crippen LogP contribution < -0.4 is 10.6 Å². The minimum atomic E-state index is -0.107. The molecule has 0 spiro atoms. The van der Waals surface area contributed by atoms with Crippen LogP contribution in [0.25, 0.3) is 0 Å². The zero-order chi connectivity index (χ0) is 14.1. The van der Waals surface area contributed by atoms with Gasteiger partial charge in [-0.2, -0.15) is 0 Å². The lowest BCUT2D eigenvalue weighted by Gasteiger charge is -2.09. The van der Waals surface area contributed by atoms with Gasteiger partial charge >= 0.3 is 0 Å². The van der Waals surface area contributed by atoms with E-state index >= 15 is 0 Å². The predicted molar refractivity (Wildman–Crippen MR) is 78.5 cm³/mol. The first-order valence-corrected chi connectivity index (χ1v) is 6.76. The summed E-state index contributed by atoms with van der Waals surface area (Å²) in [5.74, 6) is -0.107. The van der Waals surface area contributed by atoms with Crippen LogP contribution in [0, 0.1) is 0 Å². The van der Waals surface area contributed by atoms with Crippen LogP contribution in [0.5, 0.6) is 0 Å². The molecular weight excluding hydrogens is 240 g/mol. The van der Waals surface area contributed by atoms with E-state index in [2.05, 4.69) is 34.6 Å². The summed E-state index contributed by atoms with van der Waals surface area (Å²) in [6, 6.07) is 3.63. The summed E-state index contributed by atoms with van der Waals surface area (Å²) in [4.78, 5) is 18.1. The lowest BCUT2D eigenvalue weighted by molar-refractivity contribution is 0.0948. The van der Waals surface area contributed by atoms with Crippen LogP contribution >= 0.6 is 0 Å². The van der Waals surface area contributed by atoms with Gasteiger partial charge in [0, 0.05) is 25.0 Å². The topological polar surface area (TPSA) is 57.3 Å². The van der Waals surface area contributed by atoms with E-state index < -0.39 is 0 Å². The second-order valence-electron chi connectivity index (χ2n) is 4.73. The molecule has 0 aliphatic carbocycles. The molecule has 0 aliphatic rings.